The molecular weight excluding hydrogens is 276 g/mol. The standard InChI is InChI=1S/C18H18N2O2/c1-14(12-19)13-20(2)18(21)16-10-6-7-11-17(16)22-15-8-4-3-5-9-15/h3-11,14H,13H2,1-2H3. The second-order valence-corrected chi connectivity index (χ2v) is 5.13. The first kappa shape index (κ1) is 15.6. The fraction of sp³-hybridized carbons (Fsp3) is 0.222. The Balaban J connectivity index is 2.21. The molecule has 112 valence electrons. The highest BCUT2D eigenvalue weighted by Gasteiger charge is 2.18. The topological polar surface area (TPSA) is 53.3 Å². The van der Waals surface area contributed by atoms with Crippen LogP contribution >= 0.6 is 0 Å². The van der Waals surface area contributed by atoms with Crippen molar-refractivity contribution in [2.24, 2.45) is 5.92 Å². The molecule has 0 aliphatic carbocycles. The lowest BCUT2D eigenvalue weighted by Gasteiger charge is -2.20. The molecule has 4 heteroatoms. The van der Waals surface area contributed by atoms with Crippen LogP contribution in [0.5, 0.6) is 11.5 Å². The third-order valence-corrected chi connectivity index (χ3v) is 3.20. The van der Waals surface area contributed by atoms with E-state index in [4.69, 9.17) is 10.00 Å². The van der Waals surface area contributed by atoms with Crippen molar-refractivity contribution in [3.63, 3.8) is 0 Å². The van der Waals surface area contributed by atoms with Gasteiger partial charge in [-0.3, -0.25) is 4.79 Å². The van der Waals surface area contributed by atoms with Crippen molar-refractivity contribution < 1.29 is 9.53 Å². The summed E-state index contributed by atoms with van der Waals surface area (Å²) in [7, 11) is 1.69. The lowest BCUT2D eigenvalue weighted by atomic mass is 10.1. The molecular formula is C18H18N2O2. The van der Waals surface area contributed by atoms with Crippen molar-refractivity contribution in [1.82, 2.24) is 4.90 Å². The number of rotatable bonds is 5. The molecule has 2 aromatic rings. The van der Waals surface area contributed by atoms with Gasteiger partial charge in [-0.15, -0.1) is 0 Å². The summed E-state index contributed by atoms with van der Waals surface area (Å²) >= 11 is 0. The van der Waals surface area contributed by atoms with E-state index in [0.717, 1.165) is 0 Å². The Kier molecular flexibility index (Phi) is 5.16. The van der Waals surface area contributed by atoms with E-state index in [2.05, 4.69) is 6.07 Å². The van der Waals surface area contributed by atoms with Crippen LogP contribution in [0.25, 0.3) is 0 Å². The fourth-order valence-electron chi connectivity index (χ4n) is 2.09. The number of carbonyl (C=O) groups excluding carboxylic acids is 1. The summed E-state index contributed by atoms with van der Waals surface area (Å²) in [5, 5.41) is 8.87. The van der Waals surface area contributed by atoms with E-state index in [1.165, 1.54) is 0 Å². The lowest BCUT2D eigenvalue weighted by Crippen LogP contribution is -2.30. The van der Waals surface area contributed by atoms with Crippen LogP contribution in [-0.2, 0) is 0 Å². The quantitative estimate of drug-likeness (QED) is 0.844. The molecule has 0 N–H and O–H groups in total. The second-order valence-electron chi connectivity index (χ2n) is 5.13. The molecule has 0 saturated carbocycles. The summed E-state index contributed by atoms with van der Waals surface area (Å²) in [4.78, 5) is 14.1. The SMILES string of the molecule is CC(C#N)CN(C)C(=O)c1ccccc1Oc1ccccc1. The number of carbonyl (C=O) groups is 1. The average Bonchev–Trinajstić information content (AvgIpc) is 2.55. The highest BCUT2D eigenvalue weighted by atomic mass is 16.5. The van der Waals surface area contributed by atoms with Gasteiger partial charge in [-0.25, -0.2) is 0 Å². The van der Waals surface area contributed by atoms with Gasteiger partial charge < -0.3 is 9.64 Å². The largest absolute Gasteiger partial charge is 0.457 e. The summed E-state index contributed by atoms with van der Waals surface area (Å²) in [6, 6.07) is 18.6. The molecule has 22 heavy (non-hydrogen) atoms. The normalized spacial score (nSPS) is 11.3. The first-order chi connectivity index (χ1) is 10.6. The zero-order valence-electron chi connectivity index (χ0n) is 12.7. The molecule has 2 aromatic carbocycles. The lowest BCUT2D eigenvalue weighted by molar-refractivity contribution is 0.0782. The van der Waals surface area contributed by atoms with Gasteiger partial charge in [0.15, 0.2) is 0 Å². The summed E-state index contributed by atoms with van der Waals surface area (Å²) in [6.45, 7) is 2.17. The van der Waals surface area contributed by atoms with Gasteiger partial charge in [0, 0.05) is 13.6 Å². The molecule has 0 aliphatic heterocycles. The number of amides is 1. The zero-order valence-corrected chi connectivity index (χ0v) is 12.7. The third-order valence-electron chi connectivity index (χ3n) is 3.20. The van der Waals surface area contributed by atoms with E-state index in [1.807, 2.05) is 36.4 Å². The number of hydrogen-bond acceptors (Lipinski definition) is 3. The Morgan fingerprint density at radius 1 is 1.18 bits per heavy atom. The minimum atomic E-state index is -0.212. The van der Waals surface area contributed by atoms with E-state index in [-0.39, 0.29) is 11.8 Å². The number of ether oxygens (including phenoxy) is 1. The molecule has 2 rings (SSSR count). The third kappa shape index (κ3) is 3.86. The molecule has 1 amide bonds. The second kappa shape index (κ2) is 7.28. The molecule has 4 nitrogen and oxygen atoms in total. The van der Waals surface area contributed by atoms with Crippen LogP contribution in [0.2, 0.25) is 0 Å². The van der Waals surface area contributed by atoms with Gasteiger partial charge in [-0.2, -0.15) is 5.26 Å². The highest BCUT2D eigenvalue weighted by Crippen LogP contribution is 2.26. The predicted molar refractivity (Wildman–Crippen MR) is 84.7 cm³/mol. The van der Waals surface area contributed by atoms with Crippen LogP contribution in [0.15, 0.2) is 54.6 Å². The molecule has 0 saturated heterocycles. The number of nitriles is 1. The van der Waals surface area contributed by atoms with Gasteiger partial charge in [-0.1, -0.05) is 30.3 Å². The molecule has 0 spiro atoms. The Morgan fingerprint density at radius 2 is 1.82 bits per heavy atom. The summed E-state index contributed by atoms with van der Waals surface area (Å²) in [5.74, 6) is 0.816. The monoisotopic (exact) mass is 294 g/mol. The van der Waals surface area contributed by atoms with Crippen molar-refractivity contribution in [3.8, 4) is 17.6 Å². The number of hydrogen-bond donors (Lipinski definition) is 0. The first-order valence-corrected chi connectivity index (χ1v) is 7.09. The number of benzene rings is 2. The smallest absolute Gasteiger partial charge is 0.257 e. The molecule has 0 radical (unpaired) electrons. The summed E-state index contributed by atoms with van der Waals surface area (Å²) in [5.41, 5.74) is 0.485. The molecule has 0 aromatic heterocycles. The van der Waals surface area contributed by atoms with Crippen molar-refractivity contribution in [2.45, 2.75) is 6.92 Å². The van der Waals surface area contributed by atoms with Crippen molar-refractivity contribution in [1.29, 1.82) is 5.26 Å². The van der Waals surface area contributed by atoms with Gasteiger partial charge in [-0.05, 0) is 31.2 Å². The zero-order chi connectivity index (χ0) is 15.9. The van der Waals surface area contributed by atoms with Crippen molar-refractivity contribution >= 4 is 5.91 Å². The van der Waals surface area contributed by atoms with E-state index < -0.39 is 0 Å². The maximum absolute atomic E-state index is 12.5. The highest BCUT2D eigenvalue weighted by molar-refractivity contribution is 5.96. The minimum absolute atomic E-state index is 0.159. The maximum atomic E-state index is 12.5. The van der Waals surface area contributed by atoms with E-state index in [9.17, 15) is 4.79 Å². The summed E-state index contributed by atoms with van der Waals surface area (Å²) in [6.07, 6.45) is 0. The molecule has 1 atom stereocenters. The fourth-order valence-corrected chi connectivity index (χ4v) is 2.09. The predicted octanol–water partition coefficient (Wildman–Crippen LogP) is 3.71. The average molecular weight is 294 g/mol. The summed E-state index contributed by atoms with van der Waals surface area (Å²) < 4.78 is 5.80. The molecule has 1 unspecified atom stereocenters. The van der Waals surface area contributed by atoms with Gasteiger partial charge >= 0.3 is 0 Å². The molecule has 0 heterocycles. The van der Waals surface area contributed by atoms with Crippen molar-refractivity contribution in [2.75, 3.05) is 13.6 Å². The van der Waals surface area contributed by atoms with Crippen LogP contribution < -0.4 is 4.74 Å². The van der Waals surface area contributed by atoms with Crippen LogP contribution in [0.3, 0.4) is 0 Å². The van der Waals surface area contributed by atoms with E-state index >= 15 is 0 Å². The van der Waals surface area contributed by atoms with Gasteiger partial charge in [0.1, 0.15) is 11.5 Å². The molecule has 0 aliphatic rings. The van der Waals surface area contributed by atoms with E-state index in [0.29, 0.717) is 23.6 Å². The Morgan fingerprint density at radius 3 is 2.50 bits per heavy atom. The molecule has 0 bridgehead atoms. The minimum Gasteiger partial charge on any atom is -0.457 e. The van der Waals surface area contributed by atoms with Gasteiger partial charge in [0.25, 0.3) is 5.91 Å². The maximum Gasteiger partial charge on any atom is 0.257 e. The Labute approximate surface area is 130 Å². The van der Waals surface area contributed by atoms with Crippen LogP contribution in [0, 0.1) is 17.2 Å². The number of para-hydroxylation sites is 2. The van der Waals surface area contributed by atoms with Crippen LogP contribution in [-0.4, -0.2) is 24.4 Å². The molecule has 0 fully saturated rings. The van der Waals surface area contributed by atoms with Crippen LogP contribution in [0.1, 0.15) is 17.3 Å². The Hall–Kier alpha value is -2.80. The van der Waals surface area contributed by atoms with Crippen LogP contribution in [0.4, 0.5) is 0 Å². The Bertz CT molecular complexity index is 677. The first-order valence-electron chi connectivity index (χ1n) is 7.09. The van der Waals surface area contributed by atoms with Crippen molar-refractivity contribution in [3.05, 3.63) is 60.2 Å². The van der Waals surface area contributed by atoms with Gasteiger partial charge in [0.05, 0.1) is 17.6 Å². The van der Waals surface area contributed by atoms with E-state index in [1.54, 1.807) is 37.1 Å². The number of nitrogens with zero attached hydrogens (tertiary/aromatic N) is 2. The van der Waals surface area contributed by atoms with Gasteiger partial charge in [0.2, 0.25) is 0 Å².